The average Bonchev–Trinajstić information content (AvgIpc) is 2.91. The van der Waals surface area contributed by atoms with E-state index in [0.717, 1.165) is 32.7 Å². The molecule has 1 heterocycles. The molecule has 0 bridgehead atoms. The number of nitrogens with zero attached hydrogens (tertiary/aromatic N) is 3. The number of guanidine groups is 1. The number of aliphatic imine (C=N–C) groups is 1. The molecule has 1 fully saturated rings. The van der Waals surface area contributed by atoms with E-state index >= 15 is 0 Å². The van der Waals surface area contributed by atoms with Gasteiger partial charge >= 0.3 is 6.18 Å². The van der Waals surface area contributed by atoms with E-state index in [4.69, 9.17) is 4.74 Å². The van der Waals surface area contributed by atoms with Crippen molar-refractivity contribution in [3.05, 3.63) is 0 Å². The molecule has 0 saturated carbocycles. The minimum atomic E-state index is -4.14. The summed E-state index contributed by atoms with van der Waals surface area (Å²) < 4.78 is 42.2. The van der Waals surface area contributed by atoms with Crippen molar-refractivity contribution >= 4 is 5.96 Å². The highest BCUT2D eigenvalue weighted by atomic mass is 19.4. The highest BCUT2D eigenvalue weighted by molar-refractivity contribution is 5.80. The summed E-state index contributed by atoms with van der Waals surface area (Å²) >= 11 is 0. The molecule has 6 nitrogen and oxygen atoms in total. The maximum atomic E-state index is 12.4. The summed E-state index contributed by atoms with van der Waals surface area (Å²) in [5.41, 5.74) is 0. The van der Waals surface area contributed by atoms with Crippen LogP contribution in [0.1, 0.15) is 12.8 Å². The normalized spacial score (nSPS) is 20.0. The third-order valence-electron chi connectivity index (χ3n) is 3.91. The van der Waals surface area contributed by atoms with Crippen LogP contribution in [0.5, 0.6) is 0 Å². The molecule has 0 aromatic rings. The molecule has 0 radical (unpaired) electrons. The Kier molecular flexibility index (Phi) is 9.38. The van der Waals surface area contributed by atoms with Gasteiger partial charge in [-0.05, 0) is 19.9 Å². The molecule has 0 amide bonds. The Morgan fingerprint density at radius 2 is 2.12 bits per heavy atom. The number of alkyl halides is 3. The Hall–Kier alpha value is -1.06. The van der Waals surface area contributed by atoms with E-state index in [2.05, 4.69) is 20.5 Å². The molecular weight excluding hydrogens is 323 g/mol. The number of likely N-dealkylation sites (N-methyl/N-ethyl adjacent to an activating group) is 1. The number of hydrogen-bond acceptors (Lipinski definition) is 4. The zero-order valence-electron chi connectivity index (χ0n) is 14.8. The van der Waals surface area contributed by atoms with Crippen molar-refractivity contribution in [1.29, 1.82) is 0 Å². The van der Waals surface area contributed by atoms with Crippen molar-refractivity contribution in [2.24, 2.45) is 4.99 Å². The zero-order chi connectivity index (χ0) is 18.0. The Labute approximate surface area is 142 Å². The maximum Gasteiger partial charge on any atom is 0.401 e. The summed E-state index contributed by atoms with van der Waals surface area (Å²) in [7, 11) is 5.40. The molecule has 1 aliphatic rings. The second-order valence-corrected chi connectivity index (χ2v) is 6.13. The van der Waals surface area contributed by atoms with Gasteiger partial charge in [0.05, 0.1) is 6.54 Å². The molecule has 1 atom stereocenters. The number of nitrogens with one attached hydrogen (secondary N) is 2. The van der Waals surface area contributed by atoms with Gasteiger partial charge in [0.25, 0.3) is 0 Å². The summed E-state index contributed by atoms with van der Waals surface area (Å²) in [5.74, 6) is 0.638. The molecule has 1 rings (SSSR count). The average molecular weight is 353 g/mol. The number of rotatable bonds is 9. The van der Waals surface area contributed by atoms with Crippen LogP contribution < -0.4 is 10.6 Å². The fraction of sp³-hybridized carbons (Fsp3) is 0.933. The molecule has 2 N–H and O–H groups in total. The van der Waals surface area contributed by atoms with Gasteiger partial charge in [0, 0.05) is 59.5 Å². The van der Waals surface area contributed by atoms with Crippen molar-refractivity contribution in [2.45, 2.75) is 25.1 Å². The second kappa shape index (κ2) is 10.7. The van der Waals surface area contributed by atoms with E-state index in [1.165, 1.54) is 4.90 Å². The highest BCUT2D eigenvalue weighted by Gasteiger charge is 2.34. The van der Waals surface area contributed by atoms with E-state index in [-0.39, 0.29) is 6.04 Å². The first-order valence-corrected chi connectivity index (χ1v) is 8.28. The van der Waals surface area contributed by atoms with Gasteiger partial charge < -0.3 is 20.3 Å². The van der Waals surface area contributed by atoms with Gasteiger partial charge in [-0.25, -0.2) is 0 Å². The summed E-state index contributed by atoms with van der Waals surface area (Å²) in [5, 5.41) is 6.40. The largest absolute Gasteiger partial charge is 0.401 e. The van der Waals surface area contributed by atoms with Crippen LogP contribution in [0.3, 0.4) is 0 Å². The van der Waals surface area contributed by atoms with Crippen molar-refractivity contribution in [2.75, 3.05) is 67.1 Å². The van der Waals surface area contributed by atoms with E-state index in [0.29, 0.717) is 25.5 Å². The molecule has 142 valence electrons. The van der Waals surface area contributed by atoms with Crippen LogP contribution in [0.15, 0.2) is 4.99 Å². The van der Waals surface area contributed by atoms with Gasteiger partial charge in [0.15, 0.2) is 5.96 Å². The van der Waals surface area contributed by atoms with Crippen molar-refractivity contribution in [1.82, 2.24) is 20.4 Å². The number of likely N-dealkylation sites (tertiary alicyclic amines) is 1. The second-order valence-electron chi connectivity index (χ2n) is 6.13. The molecule has 1 saturated heterocycles. The van der Waals surface area contributed by atoms with Crippen LogP contribution >= 0.6 is 0 Å². The van der Waals surface area contributed by atoms with Crippen LogP contribution in [-0.4, -0.2) is 95.1 Å². The molecular formula is C15H30F3N5O. The van der Waals surface area contributed by atoms with E-state index in [1.807, 2.05) is 7.05 Å². The van der Waals surface area contributed by atoms with E-state index < -0.39 is 12.7 Å². The molecule has 9 heteroatoms. The maximum absolute atomic E-state index is 12.4. The third-order valence-corrected chi connectivity index (χ3v) is 3.91. The van der Waals surface area contributed by atoms with Gasteiger partial charge in [-0.1, -0.05) is 0 Å². The summed E-state index contributed by atoms with van der Waals surface area (Å²) in [6, 6.07) is -0.00187. The molecule has 0 aliphatic carbocycles. The lowest BCUT2D eigenvalue weighted by molar-refractivity contribution is -0.143. The quantitative estimate of drug-likeness (QED) is 0.364. The Morgan fingerprint density at radius 3 is 2.75 bits per heavy atom. The van der Waals surface area contributed by atoms with Crippen LogP contribution in [0, 0.1) is 0 Å². The van der Waals surface area contributed by atoms with Crippen LogP contribution in [0.4, 0.5) is 13.2 Å². The number of hydrogen-bond donors (Lipinski definition) is 2. The molecule has 24 heavy (non-hydrogen) atoms. The lowest BCUT2D eigenvalue weighted by atomic mass is 10.3. The van der Waals surface area contributed by atoms with Crippen LogP contribution in [0.25, 0.3) is 0 Å². The monoisotopic (exact) mass is 353 g/mol. The van der Waals surface area contributed by atoms with Gasteiger partial charge in [0.2, 0.25) is 0 Å². The third kappa shape index (κ3) is 9.29. The van der Waals surface area contributed by atoms with Crippen molar-refractivity contribution in [3.8, 4) is 0 Å². The van der Waals surface area contributed by atoms with Gasteiger partial charge in [-0.2, -0.15) is 13.2 Å². The SMILES string of the molecule is CN=C(NCCN(C)CCCOC)NC1CCN(CC(F)(F)F)C1. The zero-order valence-corrected chi connectivity index (χ0v) is 14.8. The number of ether oxygens (including phenoxy) is 1. The molecule has 1 aliphatic heterocycles. The number of halogens is 3. The molecule has 0 aromatic carbocycles. The fourth-order valence-electron chi connectivity index (χ4n) is 2.69. The fourth-order valence-corrected chi connectivity index (χ4v) is 2.69. The topological polar surface area (TPSA) is 52.1 Å². The minimum Gasteiger partial charge on any atom is -0.385 e. The van der Waals surface area contributed by atoms with Gasteiger partial charge in [0.1, 0.15) is 0 Å². The summed E-state index contributed by atoms with van der Waals surface area (Å²) in [6.45, 7) is 3.28. The Morgan fingerprint density at radius 1 is 1.38 bits per heavy atom. The van der Waals surface area contributed by atoms with Crippen LogP contribution in [0.2, 0.25) is 0 Å². The summed E-state index contributed by atoms with van der Waals surface area (Å²) in [4.78, 5) is 7.76. The van der Waals surface area contributed by atoms with Gasteiger partial charge in [-0.3, -0.25) is 9.89 Å². The minimum absolute atomic E-state index is 0.00187. The van der Waals surface area contributed by atoms with E-state index in [9.17, 15) is 13.2 Å². The standard InChI is InChI=1S/C15H30F3N5O/c1-19-14(20-6-9-22(2)7-4-10-24-3)21-13-5-8-23(11-13)12-15(16,17)18/h13H,4-12H2,1-3H3,(H2,19,20,21). The molecule has 0 spiro atoms. The Balaban J connectivity index is 2.21. The summed E-state index contributed by atoms with van der Waals surface area (Å²) in [6.07, 6.45) is -2.47. The van der Waals surface area contributed by atoms with Gasteiger partial charge in [-0.15, -0.1) is 0 Å². The predicted molar refractivity (Wildman–Crippen MR) is 89.4 cm³/mol. The molecule has 0 aromatic heterocycles. The first kappa shape index (κ1) is 21.0. The lowest BCUT2D eigenvalue weighted by Crippen LogP contribution is -2.46. The predicted octanol–water partition coefficient (Wildman–Crippen LogP) is 0.756. The first-order valence-electron chi connectivity index (χ1n) is 8.28. The van der Waals surface area contributed by atoms with Crippen molar-refractivity contribution < 1.29 is 17.9 Å². The van der Waals surface area contributed by atoms with E-state index in [1.54, 1.807) is 14.2 Å². The van der Waals surface area contributed by atoms with Crippen LogP contribution in [-0.2, 0) is 4.74 Å². The highest BCUT2D eigenvalue weighted by Crippen LogP contribution is 2.19. The van der Waals surface area contributed by atoms with Crippen molar-refractivity contribution in [3.63, 3.8) is 0 Å². The molecule has 1 unspecified atom stereocenters. The Bertz CT molecular complexity index is 379. The first-order chi connectivity index (χ1) is 11.3. The smallest absolute Gasteiger partial charge is 0.385 e. The lowest BCUT2D eigenvalue weighted by Gasteiger charge is -2.21. The number of methoxy groups -OCH3 is 1.